The van der Waals surface area contributed by atoms with E-state index in [1.807, 2.05) is 25.4 Å². The molecule has 2 aromatic heterocycles. The summed E-state index contributed by atoms with van der Waals surface area (Å²) in [5, 5.41) is 15.1. The molecule has 1 fully saturated rings. The van der Waals surface area contributed by atoms with Gasteiger partial charge in [-0.2, -0.15) is 4.65 Å². The van der Waals surface area contributed by atoms with E-state index in [-0.39, 0.29) is 4.65 Å². The molecule has 0 spiro atoms. The first-order chi connectivity index (χ1) is 11.0. The van der Waals surface area contributed by atoms with Gasteiger partial charge in [-0.25, -0.2) is 15.2 Å². The summed E-state index contributed by atoms with van der Waals surface area (Å²) in [5.74, 6) is 1.02. The van der Waals surface area contributed by atoms with Crippen LogP contribution in [0.1, 0.15) is 42.5 Å². The van der Waals surface area contributed by atoms with Crippen molar-refractivity contribution in [3.05, 3.63) is 16.8 Å². The number of hydrogen-bond donors (Lipinski definition) is 2. The maximum Gasteiger partial charge on any atom is 0.138 e. The van der Waals surface area contributed by atoms with Gasteiger partial charge in [0.05, 0.1) is 19.5 Å². The lowest BCUT2D eigenvalue weighted by Crippen LogP contribution is -2.48. The Hall–Kier alpha value is -1.24. The molecule has 2 heterocycles. The van der Waals surface area contributed by atoms with E-state index in [0.717, 1.165) is 36.3 Å². The van der Waals surface area contributed by atoms with Gasteiger partial charge in [-0.05, 0) is 37.7 Å². The van der Waals surface area contributed by atoms with Gasteiger partial charge >= 0.3 is 0 Å². The molecule has 0 aromatic carbocycles. The fraction of sp³-hybridized carbons (Fsp3) is 0.647. The van der Waals surface area contributed by atoms with Gasteiger partial charge < -0.3 is 5.32 Å². The zero-order chi connectivity index (χ0) is 16.0. The van der Waals surface area contributed by atoms with Crippen molar-refractivity contribution in [3.63, 3.8) is 0 Å². The molecule has 0 amide bonds. The molecule has 1 saturated carbocycles. The summed E-state index contributed by atoms with van der Waals surface area (Å²) in [7, 11) is 3.75. The van der Waals surface area contributed by atoms with Gasteiger partial charge in [0.2, 0.25) is 0 Å². The summed E-state index contributed by atoms with van der Waals surface area (Å²) in [4.78, 5) is 11.7. The highest BCUT2D eigenvalue weighted by molar-refractivity contribution is 7.19. The summed E-state index contributed by atoms with van der Waals surface area (Å²) in [6.45, 7) is 0. The number of thiophene rings is 1. The Bertz CT molecular complexity index is 713. The molecule has 0 saturated heterocycles. The number of aryl methyl sites for hydroxylation is 2. The van der Waals surface area contributed by atoms with Crippen molar-refractivity contribution < 1.29 is 9.85 Å². The average molecular weight is 333 g/mol. The Labute approximate surface area is 140 Å². The first-order valence-corrected chi connectivity index (χ1v) is 9.42. The van der Waals surface area contributed by atoms with E-state index in [2.05, 4.69) is 15.3 Å². The van der Waals surface area contributed by atoms with E-state index in [0.29, 0.717) is 12.1 Å². The van der Waals surface area contributed by atoms with E-state index in [9.17, 15) is 5.21 Å². The van der Waals surface area contributed by atoms with Crippen LogP contribution in [-0.2, 0) is 12.8 Å². The van der Waals surface area contributed by atoms with Crippen LogP contribution in [0.4, 0.5) is 5.82 Å². The second kappa shape index (κ2) is 5.69. The minimum absolute atomic E-state index is 0.0858. The summed E-state index contributed by atoms with van der Waals surface area (Å²) in [5.41, 5.74) is 1.48. The first kappa shape index (κ1) is 15.3. The Balaban J connectivity index is 1.53. The molecular weight excluding hydrogens is 308 g/mol. The second-order valence-corrected chi connectivity index (χ2v) is 8.47. The SMILES string of the molecule is C[N+](C)(O)[C@H]1CC[C@H](Nc2ncnc3sc4c(c23)CCC4)CC1. The van der Waals surface area contributed by atoms with E-state index in [1.54, 1.807) is 6.33 Å². The fourth-order valence-corrected chi connectivity index (χ4v) is 5.31. The number of hydrogen-bond acceptors (Lipinski definition) is 5. The summed E-state index contributed by atoms with van der Waals surface area (Å²) in [6.07, 6.45) is 9.60. The predicted molar refractivity (Wildman–Crippen MR) is 93.0 cm³/mol. The second-order valence-electron chi connectivity index (χ2n) is 7.39. The van der Waals surface area contributed by atoms with Crippen LogP contribution < -0.4 is 5.32 Å². The van der Waals surface area contributed by atoms with E-state index in [4.69, 9.17) is 0 Å². The summed E-state index contributed by atoms with van der Waals surface area (Å²) >= 11 is 1.84. The third kappa shape index (κ3) is 2.84. The number of anilines is 1. The minimum Gasteiger partial charge on any atom is -0.367 e. The van der Waals surface area contributed by atoms with Crippen molar-refractivity contribution in [2.24, 2.45) is 0 Å². The molecule has 2 aliphatic rings. The Morgan fingerprint density at radius 1 is 1.17 bits per heavy atom. The molecule has 0 aliphatic heterocycles. The summed E-state index contributed by atoms with van der Waals surface area (Å²) < 4.78 is 0.0858. The van der Waals surface area contributed by atoms with E-state index >= 15 is 0 Å². The van der Waals surface area contributed by atoms with Crippen LogP contribution in [0.25, 0.3) is 10.2 Å². The molecule has 2 N–H and O–H groups in total. The van der Waals surface area contributed by atoms with Gasteiger partial charge in [0.1, 0.15) is 23.0 Å². The lowest BCUT2D eigenvalue weighted by Gasteiger charge is -2.36. The zero-order valence-electron chi connectivity index (χ0n) is 13.9. The smallest absolute Gasteiger partial charge is 0.138 e. The number of nitrogens with zero attached hydrogens (tertiary/aromatic N) is 3. The van der Waals surface area contributed by atoms with Crippen molar-refractivity contribution in [1.29, 1.82) is 0 Å². The largest absolute Gasteiger partial charge is 0.367 e. The van der Waals surface area contributed by atoms with Crippen LogP contribution in [0.2, 0.25) is 0 Å². The first-order valence-electron chi connectivity index (χ1n) is 8.60. The molecular formula is C17H25N4OS+. The van der Waals surface area contributed by atoms with Crippen molar-refractivity contribution in [2.45, 2.75) is 57.0 Å². The molecule has 6 heteroatoms. The molecule has 0 bridgehead atoms. The zero-order valence-corrected chi connectivity index (χ0v) is 14.7. The number of aromatic nitrogens is 2. The highest BCUT2D eigenvalue weighted by Gasteiger charge is 2.32. The number of hydroxylamine groups is 3. The third-order valence-electron chi connectivity index (χ3n) is 5.43. The van der Waals surface area contributed by atoms with Crippen molar-refractivity contribution in [3.8, 4) is 0 Å². The van der Waals surface area contributed by atoms with Crippen LogP contribution in [0.5, 0.6) is 0 Å². The lowest BCUT2D eigenvalue weighted by atomic mass is 9.90. The number of fused-ring (bicyclic) bond motifs is 3. The van der Waals surface area contributed by atoms with Gasteiger partial charge in [0.25, 0.3) is 0 Å². The highest BCUT2D eigenvalue weighted by atomic mass is 32.1. The normalized spacial score (nSPS) is 24.8. The maximum atomic E-state index is 10.1. The molecule has 0 unspecified atom stereocenters. The van der Waals surface area contributed by atoms with Crippen molar-refractivity contribution >= 4 is 27.4 Å². The summed E-state index contributed by atoms with van der Waals surface area (Å²) in [6, 6.07) is 0.803. The van der Waals surface area contributed by atoms with Crippen LogP contribution in [-0.4, -0.2) is 46.0 Å². The van der Waals surface area contributed by atoms with Gasteiger partial charge in [0, 0.05) is 23.8 Å². The minimum atomic E-state index is 0.0858. The molecule has 124 valence electrons. The number of quaternary nitrogens is 1. The standard InChI is InChI=1S/C17H25N4OS/c1-21(2,22)12-8-6-11(7-9-12)20-16-15-13-4-3-5-14(13)23-17(15)19-10-18-16/h10-12,22H,3-9H2,1-2H3,(H,18,19,20)/q+1/t11-,12-. The monoisotopic (exact) mass is 333 g/mol. The van der Waals surface area contributed by atoms with E-state index in [1.165, 1.54) is 35.1 Å². The van der Waals surface area contributed by atoms with Gasteiger partial charge in [-0.15, -0.1) is 11.3 Å². The quantitative estimate of drug-likeness (QED) is 0.668. The van der Waals surface area contributed by atoms with Crippen LogP contribution >= 0.6 is 11.3 Å². The van der Waals surface area contributed by atoms with E-state index < -0.39 is 0 Å². The molecule has 2 aromatic rings. The lowest BCUT2D eigenvalue weighted by molar-refractivity contribution is -1.09. The number of rotatable bonds is 3. The molecule has 5 nitrogen and oxygen atoms in total. The van der Waals surface area contributed by atoms with Crippen LogP contribution in [0.3, 0.4) is 0 Å². The van der Waals surface area contributed by atoms with Crippen molar-refractivity contribution in [2.75, 3.05) is 19.4 Å². The van der Waals surface area contributed by atoms with Crippen LogP contribution in [0, 0.1) is 0 Å². The fourth-order valence-electron chi connectivity index (χ4n) is 4.08. The molecule has 2 aliphatic carbocycles. The molecule has 4 rings (SSSR count). The maximum absolute atomic E-state index is 10.1. The highest BCUT2D eigenvalue weighted by Crippen LogP contribution is 2.39. The Kier molecular flexibility index (Phi) is 3.78. The van der Waals surface area contributed by atoms with Gasteiger partial charge in [0.15, 0.2) is 0 Å². The Morgan fingerprint density at radius 3 is 2.70 bits per heavy atom. The predicted octanol–water partition coefficient (Wildman–Crippen LogP) is 3.37. The van der Waals surface area contributed by atoms with Crippen molar-refractivity contribution in [1.82, 2.24) is 9.97 Å². The van der Waals surface area contributed by atoms with Crippen LogP contribution in [0.15, 0.2) is 6.33 Å². The third-order valence-corrected chi connectivity index (χ3v) is 6.63. The topological polar surface area (TPSA) is 58.0 Å². The Morgan fingerprint density at radius 2 is 1.96 bits per heavy atom. The average Bonchev–Trinajstić information content (AvgIpc) is 3.07. The molecule has 0 atom stereocenters. The van der Waals surface area contributed by atoms with Gasteiger partial charge in [-0.1, -0.05) is 0 Å². The van der Waals surface area contributed by atoms with Gasteiger partial charge in [-0.3, -0.25) is 0 Å². The number of nitrogens with one attached hydrogen (secondary N) is 1. The molecule has 23 heavy (non-hydrogen) atoms. The molecule has 0 radical (unpaired) electrons.